The summed E-state index contributed by atoms with van der Waals surface area (Å²) in [4.78, 5) is 27.2. The van der Waals surface area contributed by atoms with Crippen LogP contribution in [0.1, 0.15) is 12.6 Å². The first-order valence-corrected chi connectivity index (χ1v) is 6.23. The minimum absolute atomic E-state index is 0.0759. The van der Waals surface area contributed by atoms with Crippen LogP contribution < -0.4 is 11.1 Å². The monoisotopic (exact) mass is 279 g/mol. The summed E-state index contributed by atoms with van der Waals surface area (Å²) in [5, 5.41) is 11.9. The lowest BCUT2D eigenvalue weighted by Crippen LogP contribution is -2.50. The Morgan fingerprint density at radius 1 is 1.60 bits per heavy atom. The Bertz CT molecular complexity index is 517. The maximum absolute atomic E-state index is 11.9. The second-order valence-electron chi connectivity index (χ2n) is 5.12. The molecule has 108 valence electrons. The predicted molar refractivity (Wildman–Crippen MR) is 70.8 cm³/mol. The number of pyridine rings is 1. The van der Waals surface area contributed by atoms with Crippen LogP contribution in [0, 0.1) is 5.41 Å². The normalized spacial score (nSPS) is 25.4. The van der Waals surface area contributed by atoms with Crippen molar-refractivity contribution in [2.75, 3.05) is 18.9 Å². The Morgan fingerprint density at radius 3 is 2.95 bits per heavy atom. The van der Waals surface area contributed by atoms with E-state index in [-0.39, 0.29) is 25.5 Å². The number of anilines is 1. The van der Waals surface area contributed by atoms with Crippen molar-refractivity contribution in [1.29, 1.82) is 0 Å². The van der Waals surface area contributed by atoms with Gasteiger partial charge in [0.15, 0.2) is 0 Å². The van der Waals surface area contributed by atoms with E-state index in [4.69, 9.17) is 10.5 Å². The third-order valence-corrected chi connectivity index (χ3v) is 3.47. The molecule has 1 aromatic rings. The number of carboxylic acid groups (broad SMARTS) is 1. The topological polar surface area (TPSA) is 115 Å². The number of nitrogens with one attached hydrogen (secondary N) is 1. The lowest BCUT2D eigenvalue weighted by molar-refractivity contribution is -0.149. The molecule has 2 rings (SSSR count). The highest BCUT2D eigenvalue weighted by Crippen LogP contribution is 2.28. The van der Waals surface area contributed by atoms with Crippen molar-refractivity contribution in [1.82, 2.24) is 10.3 Å². The number of ether oxygens (including phenoxy) is 1. The van der Waals surface area contributed by atoms with Crippen LogP contribution >= 0.6 is 0 Å². The molecule has 1 aliphatic rings. The molecular weight excluding hydrogens is 262 g/mol. The van der Waals surface area contributed by atoms with Crippen LogP contribution in [0.4, 0.5) is 5.69 Å². The largest absolute Gasteiger partial charge is 0.481 e. The molecule has 7 heteroatoms. The maximum atomic E-state index is 11.9. The smallest absolute Gasteiger partial charge is 0.313 e. The van der Waals surface area contributed by atoms with Crippen LogP contribution in [-0.4, -0.2) is 41.2 Å². The van der Waals surface area contributed by atoms with E-state index < -0.39 is 17.4 Å². The molecule has 0 bridgehead atoms. The van der Waals surface area contributed by atoms with E-state index in [1.54, 1.807) is 19.1 Å². The van der Waals surface area contributed by atoms with Gasteiger partial charge in [0.05, 0.1) is 37.6 Å². The molecule has 0 spiro atoms. The number of hydrogen-bond acceptors (Lipinski definition) is 5. The number of nitrogens with two attached hydrogens (primary N) is 1. The third-order valence-electron chi connectivity index (χ3n) is 3.47. The summed E-state index contributed by atoms with van der Waals surface area (Å²) in [7, 11) is 0. The van der Waals surface area contributed by atoms with Gasteiger partial charge in [-0.2, -0.15) is 0 Å². The Morgan fingerprint density at radius 2 is 2.35 bits per heavy atom. The first kappa shape index (κ1) is 14.3. The molecule has 0 aromatic carbocycles. The SMILES string of the molecule is CC1(C(=O)O)COCC1NC(=O)Cc1ccc(N)cn1. The van der Waals surface area contributed by atoms with Crippen molar-refractivity contribution in [3.8, 4) is 0 Å². The van der Waals surface area contributed by atoms with Crippen molar-refractivity contribution < 1.29 is 19.4 Å². The van der Waals surface area contributed by atoms with Gasteiger partial charge in [0.1, 0.15) is 5.41 Å². The molecule has 7 nitrogen and oxygen atoms in total. The number of rotatable bonds is 4. The van der Waals surface area contributed by atoms with Gasteiger partial charge in [0, 0.05) is 5.69 Å². The van der Waals surface area contributed by atoms with Gasteiger partial charge in [-0.25, -0.2) is 0 Å². The summed E-state index contributed by atoms with van der Waals surface area (Å²) >= 11 is 0. The molecule has 1 amide bonds. The number of amides is 1. The van der Waals surface area contributed by atoms with E-state index in [1.807, 2.05) is 0 Å². The molecule has 1 aliphatic heterocycles. The molecule has 1 saturated heterocycles. The first-order valence-electron chi connectivity index (χ1n) is 6.23. The number of carboxylic acids is 1. The summed E-state index contributed by atoms with van der Waals surface area (Å²) in [6, 6.07) is 2.79. The minimum Gasteiger partial charge on any atom is -0.481 e. The van der Waals surface area contributed by atoms with Gasteiger partial charge in [-0.05, 0) is 19.1 Å². The maximum Gasteiger partial charge on any atom is 0.313 e. The standard InChI is InChI=1S/C13H17N3O4/c1-13(12(18)19)7-20-6-10(13)16-11(17)4-9-3-2-8(14)5-15-9/h2-3,5,10H,4,6-7,14H2,1H3,(H,16,17)(H,18,19). The van der Waals surface area contributed by atoms with Crippen LogP contribution in [0.15, 0.2) is 18.3 Å². The predicted octanol–water partition coefficient (Wildman–Crippen LogP) is -0.188. The summed E-state index contributed by atoms with van der Waals surface area (Å²) in [6.07, 6.45) is 1.55. The van der Waals surface area contributed by atoms with E-state index in [0.29, 0.717) is 11.4 Å². The average Bonchev–Trinajstić information content (AvgIpc) is 2.75. The highest BCUT2D eigenvalue weighted by atomic mass is 16.5. The second kappa shape index (κ2) is 5.46. The zero-order valence-corrected chi connectivity index (χ0v) is 11.1. The lowest BCUT2D eigenvalue weighted by Gasteiger charge is -2.25. The van der Waals surface area contributed by atoms with Crippen LogP contribution in [0.2, 0.25) is 0 Å². The molecule has 2 atom stereocenters. The van der Waals surface area contributed by atoms with Crippen molar-refractivity contribution in [2.24, 2.45) is 5.41 Å². The quantitative estimate of drug-likeness (QED) is 0.704. The molecule has 4 N–H and O–H groups in total. The number of nitrogens with zero attached hydrogens (tertiary/aromatic N) is 1. The van der Waals surface area contributed by atoms with Gasteiger partial charge in [-0.3, -0.25) is 14.6 Å². The Hall–Kier alpha value is -2.15. The number of nitrogen functional groups attached to an aromatic ring is 1. The lowest BCUT2D eigenvalue weighted by atomic mass is 9.85. The van der Waals surface area contributed by atoms with Gasteiger partial charge in [-0.15, -0.1) is 0 Å². The van der Waals surface area contributed by atoms with Crippen molar-refractivity contribution in [3.63, 3.8) is 0 Å². The van der Waals surface area contributed by atoms with Crippen LogP contribution in [0.3, 0.4) is 0 Å². The highest BCUT2D eigenvalue weighted by molar-refractivity contribution is 5.81. The fraction of sp³-hybridized carbons (Fsp3) is 0.462. The van der Waals surface area contributed by atoms with Crippen LogP contribution in [0.25, 0.3) is 0 Å². The first-order chi connectivity index (χ1) is 9.41. The Kier molecular flexibility index (Phi) is 3.89. The van der Waals surface area contributed by atoms with E-state index in [2.05, 4.69) is 10.3 Å². The van der Waals surface area contributed by atoms with E-state index in [1.165, 1.54) is 6.20 Å². The average molecular weight is 279 g/mol. The van der Waals surface area contributed by atoms with E-state index in [9.17, 15) is 14.7 Å². The third kappa shape index (κ3) is 2.88. The molecule has 2 heterocycles. The number of aliphatic carboxylic acids is 1. The molecule has 2 unspecified atom stereocenters. The van der Waals surface area contributed by atoms with Crippen molar-refractivity contribution >= 4 is 17.6 Å². The Labute approximate surface area is 116 Å². The molecule has 0 aliphatic carbocycles. The molecule has 0 radical (unpaired) electrons. The summed E-state index contributed by atoms with van der Waals surface area (Å²) in [6.45, 7) is 1.85. The zero-order valence-electron chi connectivity index (χ0n) is 11.1. The van der Waals surface area contributed by atoms with Gasteiger partial charge < -0.3 is 20.9 Å². The molecule has 1 aromatic heterocycles. The van der Waals surface area contributed by atoms with Crippen molar-refractivity contribution in [2.45, 2.75) is 19.4 Å². The number of carbonyl (C=O) groups excluding carboxylic acids is 1. The summed E-state index contributed by atoms with van der Waals surface area (Å²) in [5.41, 5.74) is 5.52. The van der Waals surface area contributed by atoms with Crippen LogP contribution in [-0.2, 0) is 20.7 Å². The number of hydrogen-bond donors (Lipinski definition) is 3. The van der Waals surface area contributed by atoms with Crippen LogP contribution in [0.5, 0.6) is 0 Å². The molecule has 20 heavy (non-hydrogen) atoms. The fourth-order valence-electron chi connectivity index (χ4n) is 2.04. The number of carbonyl (C=O) groups is 2. The number of aromatic nitrogens is 1. The molecule has 0 saturated carbocycles. The summed E-state index contributed by atoms with van der Waals surface area (Å²) in [5.74, 6) is -1.27. The molecule has 1 fully saturated rings. The Balaban J connectivity index is 1.98. The summed E-state index contributed by atoms with van der Waals surface area (Å²) < 4.78 is 5.17. The van der Waals surface area contributed by atoms with Gasteiger partial charge in [0.2, 0.25) is 5.91 Å². The van der Waals surface area contributed by atoms with E-state index in [0.717, 1.165) is 0 Å². The molecular formula is C13H17N3O4. The van der Waals surface area contributed by atoms with Gasteiger partial charge in [0.25, 0.3) is 0 Å². The highest BCUT2D eigenvalue weighted by Gasteiger charge is 2.47. The fourth-order valence-corrected chi connectivity index (χ4v) is 2.04. The van der Waals surface area contributed by atoms with Gasteiger partial charge >= 0.3 is 5.97 Å². The van der Waals surface area contributed by atoms with Crippen molar-refractivity contribution in [3.05, 3.63) is 24.0 Å². The van der Waals surface area contributed by atoms with E-state index >= 15 is 0 Å². The zero-order chi connectivity index (χ0) is 14.8. The minimum atomic E-state index is -1.09. The van der Waals surface area contributed by atoms with Gasteiger partial charge in [-0.1, -0.05) is 0 Å². The second-order valence-corrected chi connectivity index (χ2v) is 5.12.